The third kappa shape index (κ3) is 6.59. The average molecular weight is 342 g/mol. The standard InChI is InChI=1S/C14H16N2O2.H2O4S/c1-3-18-14(17)13-9-15-10-16(13)11(2)12-7-5-4-6-8-12;1-5(2,3)4/h4-11H,3H2,1-2H3;(H2,1,2,3,4)/t11-;/m1./s1. The van der Waals surface area contributed by atoms with E-state index in [1.54, 1.807) is 13.3 Å². The third-order valence-electron chi connectivity index (χ3n) is 2.85. The highest BCUT2D eigenvalue weighted by Gasteiger charge is 2.17. The van der Waals surface area contributed by atoms with E-state index < -0.39 is 10.4 Å². The van der Waals surface area contributed by atoms with Crippen LogP contribution in [0.5, 0.6) is 0 Å². The molecule has 0 saturated heterocycles. The molecule has 126 valence electrons. The molecule has 1 aromatic carbocycles. The van der Waals surface area contributed by atoms with Gasteiger partial charge in [-0.1, -0.05) is 30.3 Å². The number of hydrogen-bond donors (Lipinski definition) is 2. The Kier molecular flexibility index (Phi) is 6.89. The van der Waals surface area contributed by atoms with Gasteiger partial charge in [0, 0.05) is 0 Å². The second kappa shape index (κ2) is 8.42. The molecule has 0 saturated carbocycles. The van der Waals surface area contributed by atoms with E-state index in [0.717, 1.165) is 5.56 Å². The van der Waals surface area contributed by atoms with Gasteiger partial charge in [0.05, 0.1) is 25.2 Å². The van der Waals surface area contributed by atoms with Crippen LogP contribution < -0.4 is 0 Å². The van der Waals surface area contributed by atoms with Gasteiger partial charge >= 0.3 is 16.4 Å². The highest BCUT2D eigenvalue weighted by atomic mass is 32.3. The highest BCUT2D eigenvalue weighted by Crippen LogP contribution is 2.19. The van der Waals surface area contributed by atoms with Crippen molar-refractivity contribution in [1.29, 1.82) is 0 Å². The zero-order valence-corrected chi connectivity index (χ0v) is 13.5. The minimum Gasteiger partial charge on any atom is -0.461 e. The van der Waals surface area contributed by atoms with Crippen LogP contribution in [-0.4, -0.2) is 39.7 Å². The van der Waals surface area contributed by atoms with Crippen LogP contribution in [0.1, 0.15) is 35.9 Å². The van der Waals surface area contributed by atoms with Crippen LogP contribution in [0.3, 0.4) is 0 Å². The number of ether oxygens (including phenoxy) is 1. The quantitative estimate of drug-likeness (QED) is 0.644. The van der Waals surface area contributed by atoms with E-state index in [4.69, 9.17) is 22.3 Å². The van der Waals surface area contributed by atoms with Gasteiger partial charge in [0.15, 0.2) is 0 Å². The Balaban J connectivity index is 0.000000463. The molecule has 9 heteroatoms. The lowest BCUT2D eigenvalue weighted by Crippen LogP contribution is -2.15. The van der Waals surface area contributed by atoms with Crippen LogP contribution in [0.25, 0.3) is 0 Å². The maximum atomic E-state index is 11.8. The molecular formula is C14H18N2O6S. The summed E-state index contributed by atoms with van der Waals surface area (Å²) < 4.78 is 38.4. The highest BCUT2D eigenvalue weighted by molar-refractivity contribution is 7.79. The van der Waals surface area contributed by atoms with E-state index in [1.807, 2.05) is 41.8 Å². The SMILES string of the molecule is CCOC(=O)c1cncn1[C@H](C)c1ccccc1.O=S(=O)(O)O. The maximum absolute atomic E-state index is 11.8. The summed E-state index contributed by atoms with van der Waals surface area (Å²) in [7, 11) is -4.67. The largest absolute Gasteiger partial charge is 0.461 e. The summed E-state index contributed by atoms with van der Waals surface area (Å²) in [5.41, 5.74) is 1.61. The normalized spacial score (nSPS) is 12.0. The van der Waals surface area contributed by atoms with Gasteiger partial charge in [-0.2, -0.15) is 8.42 Å². The molecule has 1 aromatic heterocycles. The molecule has 2 rings (SSSR count). The second-order valence-corrected chi connectivity index (χ2v) is 5.34. The van der Waals surface area contributed by atoms with Gasteiger partial charge in [-0.05, 0) is 19.4 Å². The van der Waals surface area contributed by atoms with E-state index in [1.165, 1.54) is 6.20 Å². The van der Waals surface area contributed by atoms with Crippen molar-refractivity contribution in [3.63, 3.8) is 0 Å². The Bertz CT molecular complexity index is 719. The molecule has 0 amide bonds. The Labute approximate surface area is 134 Å². The molecule has 0 radical (unpaired) electrons. The number of nitrogens with zero attached hydrogens (tertiary/aromatic N) is 2. The summed E-state index contributed by atoms with van der Waals surface area (Å²) in [5, 5.41) is 0. The molecule has 0 aliphatic carbocycles. The number of imidazole rings is 1. The Morgan fingerprint density at radius 2 is 1.87 bits per heavy atom. The molecule has 0 fully saturated rings. The van der Waals surface area contributed by atoms with Crippen molar-refractivity contribution in [2.45, 2.75) is 19.9 Å². The number of hydrogen-bond acceptors (Lipinski definition) is 5. The lowest BCUT2D eigenvalue weighted by molar-refractivity contribution is 0.0512. The third-order valence-corrected chi connectivity index (χ3v) is 2.85. The van der Waals surface area contributed by atoms with Crippen LogP contribution in [0, 0.1) is 0 Å². The number of carbonyl (C=O) groups excluding carboxylic acids is 1. The summed E-state index contributed by atoms with van der Waals surface area (Å²) in [6.45, 7) is 4.18. The molecule has 1 atom stereocenters. The molecule has 2 N–H and O–H groups in total. The smallest absolute Gasteiger partial charge is 0.394 e. The lowest BCUT2D eigenvalue weighted by Gasteiger charge is -2.16. The zero-order valence-electron chi connectivity index (χ0n) is 12.7. The first-order valence-electron chi connectivity index (χ1n) is 6.67. The predicted molar refractivity (Wildman–Crippen MR) is 82.6 cm³/mol. The fourth-order valence-corrected chi connectivity index (χ4v) is 1.87. The summed E-state index contributed by atoms with van der Waals surface area (Å²) in [4.78, 5) is 15.8. The van der Waals surface area contributed by atoms with Gasteiger partial charge in [-0.15, -0.1) is 0 Å². The molecule has 0 aliphatic rings. The van der Waals surface area contributed by atoms with E-state index in [0.29, 0.717) is 12.3 Å². The fourth-order valence-electron chi connectivity index (χ4n) is 1.87. The minimum atomic E-state index is -4.67. The molecule has 0 aliphatic heterocycles. The Hall–Kier alpha value is -2.23. The summed E-state index contributed by atoms with van der Waals surface area (Å²) in [6, 6.07) is 10.0. The average Bonchev–Trinajstić information content (AvgIpc) is 2.95. The monoisotopic (exact) mass is 342 g/mol. The number of aromatic nitrogens is 2. The molecule has 1 heterocycles. The van der Waals surface area contributed by atoms with Gasteiger partial charge in [0.25, 0.3) is 0 Å². The summed E-state index contributed by atoms with van der Waals surface area (Å²) in [5.74, 6) is -0.335. The van der Waals surface area contributed by atoms with E-state index in [2.05, 4.69) is 4.98 Å². The van der Waals surface area contributed by atoms with Crippen molar-refractivity contribution in [3.8, 4) is 0 Å². The first-order valence-corrected chi connectivity index (χ1v) is 8.07. The van der Waals surface area contributed by atoms with E-state index >= 15 is 0 Å². The molecule has 0 spiro atoms. The summed E-state index contributed by atoms with van der Waals surface area (Å²) in [6.07, 6.45) is 3.20. The predicted octanol–water partition coefficient (Wildman–Crippen LogP) is 2.02. The molecule has 8 nitrogen and oxygen atoms in total. The number of esters is 1. The molecule has 0 unspecified atom stereocenters. The van der Waals surface area contributed by atoms with Crippen molar-refractivity contribution in [3.05, 3.63) is 54.1 Å². The van der Waals surface area contributed by atoms with Crippen molar-refractivity contribution >= 4 is 16.4 Å². The second-order valence-electron chi connectivity index (χ2n) is 4.44. The van der Waals surface area contributed by atoms with Crippen molar-refractivity contribution in [2.75, 3.05) is 6.61 Å². The number of benzene rings is 1. The minimum absolute atomic E-state index is 0.0492. The van der Waals surface area contributed by atoms with Crippen molar-refractivity contribution < 1.29 is 27.1 Å². The molecular weight excluding hydrogens is 324 g/mol. The first-order chi connectivity index (χ1) is 10.7. The lowest BCUT2D eigenvalue weighted by atomic mass is 10.1. The number of rotatable bonds is 4. The van der Waals surface area contributed by atoms with Crippen molar-refractivity contribution in [2.24, 2.45) is 0 Å². The van der Waals surface area contributed by atoms with Crippen LogP contribution in [-0.2, 0) is 15.1 Å². The molecule has 2 aromatic rings. The Morgan fingerprint density at radius 3 is 2.39 bits per heavy atom. The van der Waals surface area contributed by atoms with Crippen molar-refractivity contribution in [1.82, 2.24) is 9.55 Å². The Morgan fingerprint density at radius 1 is 1.30 bits per heavy atom. The maximum Gasteiger partial charge on any atom is 0.394 e. The zero-order chi connectivity index (χ0) is 17.5. The van der Waals surface area contributed by atoms with E-state index in [-0.39, 0.29) is 12.0 Å². The first kappa shape index (κ1) is 18.8. The van der Waals surface area contributed by atoms with Gasteiger partial charge in [-0.3, -0.25) is 9.11 Å². The summed E-state index contributed by atoms with van der Waals surface area (Å²) >= 11 is 0. The van der Waals surface area contributed by atoms with Gasteiger partial charge in [0.1, 0.15) is 5.69 Å². The van der Waals surface area contributed by atoms with Crippen LogP contribution in [0.2, 0.25) is 0 Å². The van der Waals surface area contributed by atoms with Crippen LogP contribution in [0.15, 0.2) is 42.9 Å². The van der Waals surface area contributed by atoms with Gasteiger partial charge in [0.2, 0.25) is 0 Å². The fraction of sp³-hybridized carbons (Fsp3) is 0.286. The van der Waals surface area contributed by atoms with Gasteiger partial charge < -0.3 is 9.30 Å². The van der Waals surface area contributed by atoms with Crippen LogP contribution in [0.4, 0.5) is 0 Å². The number of carbonyl (C=O) groups is 1. The topological polar surface area (TPSA) is 119 Å². The van der Waals surface area contributed by atoms with E-state index in [9.17, 15) is 4.79 Å². The van der Waals surface area contributed by atoms with Gasteiger partial charge in [-0.25, -0.2) is 9.78 Å². The molecule has 23 heavy (non-hydrogen) atoms. The van der Waals surface area contributed by atoms with Crippen LogP contribution >= 0.6 is 0 Å². The molecule has 0 bridgehead atoms.